The summed E-state index contributed by atoms with van der Waals surface area (Å²) in [7, 11) is 0. The first-order valence-electron chi connectivity index (χ1n) is 21.6. The minimum absolute atomic E-state index is 0.523. The average Bonchev–Trinajstić information content (AvgIpc) is 3.90. The lowest BCUT2D eigenvalue weighted by molar-refractivity contribution is 0.735. The molecule has 2 aliphatic carbocycles. The number of rotatable bonds is 9. The molecule has 0 aliphatic heterocycles. The van der Waals surface area contributed by atoms with Gasteiger partial charge in [-0.3, -0.25) is 4.57 Å². The number of fused-ring (bicyclic) bond motifs is 5. The van der Waals surface area contributed by atoms with Crippen LogP contribution in [0.1, 0.15) is 61.2 Å². The number of nitrogens with zero attached hydrogens (tertiary/aromatic N) is 4. The van der Waals surface area contributed by atoms with Gasteiger partial charge in [0.05, 0.1) is 22.2 Å². The Balaban J connectivity index is 1.27. The smallest absolute Gasteiger partial charge is 0.137 e. The number of hydrogen-bond acceptors (Lipinski definition) is 1. The minimum atomic E-state index is 0.523. The van der Waals surface area contributed by atoms with Crippen LogP contribution in [0.15, 0.2) is 171 Å². The van der Waals surface area contributed by atoms with Crippen LogP contribution in [-0.2, 0) is 0 Å². The summed E-state index contributed by atoms with van der Waals surface area (Å²) >= 11 is 0. The van der Waals surface area contributed by atoms with Crippen molar-refractivity contribution in [1.29, 1.82) is 0 Å². The molecule has 0 amide bonds. The van der Waals surface area contributed by atoms with E-state index in [0.717, 1.165) is 70.1 Å². The predicted molar refractivity (Wildman–Crippen MR) is 261 cm³/mol. The zero-order chi connectivity index (χ0) is 41.6. The Labute approximate surface area is 358 Å². The summed E-state index contributed by atoms with van der Waals surface area (Å²) in [5.74, 6) is 1.40. The molecule has 4 aromatic heterocycles. The Morgan fingerprint density at radius 1 is 0.705 bits per heavy atom. The summed E-state index contributed by atoms with van der Waals surface area (Å²) in [4.78, 5) is 5.11. The number of allylic oxidation sites excluding steroid dienone is 11. The van der Waals surface area contributed by atoms with E-state index in [-0.39, 0.29) is 0 Å². The Bertz CT molecular complexity index is 3220. The molecular weight excluding hydrogens is 741 g/mol. The van der Waals surface area contributed by atoms with Gasteiger partial charge in [0.1, 0.15) is 5.82 Å². The summed E-state index contributed by atoms with van der Waals surface area (Å²) in [6, 6.07) is 37.7. The molecule has 0 saturated heterocycles. The first kappa shape index (κ1) is 38.1. The third-order valence-corrected chi connectivity index (χ3v) is 12.5. The predicted octanol–water partition coefficient (Wildman–Crippen LogP) is 15.3. The first-order valence-corrected chi connectivity index (χ1v) is 21.6. The van der Waals surface area contributed by atoms with E-state index in [1.165, 1.54) is 55.2 Å². The number of hydrogen-bond donors (Lipinski definition) is 0. The Morgan fingerprint density at radius 2 is 1.52 bits per heavy atom. The lowest BCUT2D eigenvalue weighted by Gasteiger charge is -2.15. The third-order valence-electron chi connectivity index (χ3n) is 12.5. The maximum Gasteiger partial charge on any atom is 0.137 e. The van der Waals surface area contributed by atoms with Gasteiger partial charge in [0.2, 0.25) is 0 Å². The van der Waals surface area contributed by atoms with Crippen LogP contribution in [0.25, 0.3) is 90.0 Å². The van der Waals surface area contributed by atoms with Gasteiger partial charge in [0.15, 0.2) is 0 Å². The van der Waals surface area contributed by atoms with Gasteiger partial charge in [0, 0.05) is 61.8 Å². The van der Waals surface area contributed by atoms with Crippen molar-refractivity contribution in [3.63, 3.8) is 0 Å². The fourth-order valence-corrected chi connectivity index (χ4v) is 9.75. The standard InChI is InChI=1S/C57H50N4/c1-6-8-25-47-39(4)59(46-24-17-23-44(37-46)43-22-16-21-42(36-43)41-19-10-9-11-20-41)40(5)54(47)56-48(18-7-2)49-33-34-52-55(57(49)61(56)53-28-14-15-35-58-53)50-26-12-13-27-51(50)60(52)45-31-29-38(3)30-32-45/h6-8,10,12-29,31-38H,1,9,11,30H2,2-5H3/b18-7-,25-8-. The van der Waals surface area contributed by atoms with Crippen LogP contribution < -0.4 is 0 Å². The maximum absolute atomic E-state index is 5.11. The molecule has 4 nitrogen and oxygen atoms in total. The molecule has 0 N–H and O–H groups in total. The van der Waals surface area contributed by atoms with Crippen molar-refractivity contribution in [2.24, 2.45) is 5.92 Å². The molecular formula is C57H50N4. The highest BCUT2D eigenvalue weighted by Gasteiger charge is 2.29. The molecule has 0 radical (unpaired) electrons. The monoisotopic (exact) mass is 790 g/mol. The quantitative estimate of drug-likeness (QED) is 0.134. The van der Waals surface area contributed by atoms with Gasteiger partial charge in [0.25, 0.3) is 0 Å². The van der Waals surface area contributed by atoms with E-state index >= 15 is 0 Å². The number of para-hydroxylation sites is 1. The maximum atomic E-state index is 5.11. The highest BCUT2D eigenvalue weighted by molar-refractivity contribution is 6.23. The molecule has 0 spiro atoms. The van der Waals surface area contributed by atoms with E-state index in [4.69, 9.17) is 4.98 Å². The lowest BCUT2D eigenvalue weighted by Crippen LogP contribution is -2.03. The Hall–Kier alpha value is -7.17. The second-order valence-electron chi connectivity index (χ2n) is 16.4. The van der Waals surface area contributed by atoms with E-state index < -0.39 is 0 Å². The largest absolute Gasteiger partial charge is 0.317 e. The van der Waals surface area contributed by atoms with E-state index in [2.05, 4.69) is 206 Å². The molecule has 2 aliphatic rings. The molecule has 0 bridgehead atoms. The molecule has 4 heteroatoms. The van der Waals surface area contributed by atoms with E-state index in [1.807, 2.05) is 18.3 Å². The van der Waals surface area contributed by atoms with Crippen LogP contribution in [0.2, 0.25) is 0 Å². The molecule has 0 saturated carbocycles. The zero-order valence-electron chi connectivity index (χ0n) is 35.4. The van der Waals surface area contributed by atoms with Crippen LogP contribution in [0, 0.1) is 19.8 Å². The molecule has 1 atom stereocenters. The second kappa shape index (κ2) is 15.8. The van der Waals surface area contributed by atoms with Crippen LogP contribution in [0.5, 0.6) is 0 Å². The minimum Gasteiger partial charge on any atom is -0.317 e. The average molecular weight is 791 g/mol. The van der Waals surface area contributed by atoms with Crippen molar-refractivity contribution in [2.45, 2.75) is 47.0 Å². The first-order chi connectivity index (χ1) is 30.0. The fourth-order valence-electron chi connectivity index (χ4n) is 9.75. The molecule has 298 valence electrons. The summed E-state index contributed by atoms with van der Waals surface area (Å²) in [5.41, 5.74) is 17.7. The van der Waals surface area contributed by atoms with Crippen LogP contribution >= 0.6 is 0 Å². The zero-order valence-corrected chi connectivity index (χ0v) is 35.4. The summed E-state index contributed by atoms with van der Waals surface area (Å²) in [5, 5.41) is 3.62. The molecule has 4 aromatic carbocycles. The number of aromatic nitrogens is 4. The van der Waals surface area contributed by atoms with Gasteiger partial charge >= 0.3 is 0 Å². The van der Waals surface area contributed by atoms with Crippen molar-refractivity contribution < 1.29 is 0 Å². The molecule has 61 heavy (non-hydrogen) atoms. The van der Waals surface area contributed by atoms with Crippen molar-refractivity contribution in [3.8, 4) is 33.9 Å². The van der Waals surface area contributed by atoms with Crippen LogP contribution in [-0.4, -0.2) is 18.7 Å². The highest BCUT2D eigenvalue weighted by atomic mass is 15.1. The van der Waals surface area contributed by atoms with Gasteiger partial charge in [-0.1, -0.05) is 135 Å². The lowest BCUT2D eigenvalue weighted by atomic mass is 9.96. The second-order valence-corrected chi connectivity index (χ2v) is 16.4. The molecule has 1 unspecified atom stereocenters. The summed E-state index contributed by atoms with van der Waals surface area (Å²) in [6.45, 7) is 13.0. The Kier molecular flexibility index (Phi) is 9.85. The van der Waals surface area contributed by atoms with Gasteiger partial charge < -0.3 is 9.13 Å². The van der Waals surface area contributed by atoms with E-state index in [9.17, 15) is 0 Å². The van der Waals surface area contributed by atoms with Gasteiger partial charge in [-0.25, -0.2) is 4.98 Å². The highest BCUT2D eigenvalue weighted by Crippen LogP contribution is 2.47. The third kappa shape index (κ3) is 6.42. The molecule has 4 heterocycles. The topological polar surface area (TPSA) is 27.7 Å². The van der Waals surface area contributed by atoms with Crippen LogP contribution in [0.4, 0.5) is 0 Å². The number of pyridine rings is 1. The van der Waals surface area contributed by atoms with Gasteiger partial charge in [-0.2, -0.15) is 0 Å². The Morgan fingerprint density at radius 3 is 2.30 bits per heavy atom. The van der Waals surface area contributed by atoms with Crippen molar-refractivity contribution in [3.05, 3.63) is 199 Å². The molecule has 0 fully saturated rings. The summed E-state index contributed by atoms with van der Waals surface area (Å²) in [6.07, 6.45) is 29.6. The molecule has 10 rings (SSSR count). The van der Waals surface area contributed by atoms with E-state index in [1.54, 1.807) is 0 Å². The van der Waals surface area contributed by atoms with Gasteiger partial charge in [-0.15, -0.1) is 0 Å². The fraction of sp³-hybridized carbons (Fsp3) is 0.140. The summed E-state index contributed by atoms with van der Waals surface area (Å²) < 4.78 is 7.32. The van der Waals surface area contributed by atoms with Crippen molar-refractivity contribution in [2.75, 3.05) is 0 Å². The van der Waals surface area contributed by atoms with Crippen molar-refractivity contribution in [1.82, 2.24) is 18.7 Å². The number of benzene rings is 4. The normalized spacial score (nSPS) is 15.5. The van der Waals surface area contributed by atoms with Crippen molar-refractivity contribution >= 4 is 56.1 Å². The van der Waals surface area contributed by atoms with E-state index in [0.29, 0.717) is 5.92 Å². The van der Waals surface area contributed by atoms with Crippen LogP contribution in [0.3, 0.4) is 0 Å². The SMILES string of the molecule is C=C/C=C\c1c(-c2c(/C=C\C)c3ccc4c(c5ccccc5n4C4=CCC(C)C=C4)c3n2-c2ccccn2)c(C)n(-c2cccc(-c3cccc(C4=CCCC=C4)c3)c2)c1C. The van der Waals surface area contributed by atoms with Gasteiger partial charge in [-0.05, 0) is 117 Å². The molecule has 8 aromatic rings.